The molecule has 0 atom stereocenters. The zero-order valence-electron chi connectivity index (χ0n) is 18.6. The molecule has 1 fully saturated rings. The second-order valence-corrected chi connectivity index (χ2v) is 8.57. The van der Waals surface area contributed by atoms with Crippen LogP contribution in [-0.2, 0) is 9.31 Å². The Morgan fingerprint density at radius 3 is 1.81 bits per heavy atom. The molecule has 1 aromatic carbocycles. The highest BCUT2D eigenvalue weighted by Gasteiger charge is 2.51. The smallest absolute Gasteiger partial charge is 0.495 e. The number of rotatable bonds is 2. The number of benzene rings is 1. The van der Waals surface area contributed by atoms with E-state index in [-0.39, 0.29) is 0 Å². The predicted molar refractivity (Wildman–Crippen MR) is 111 cm³/mol. The van der Waals surface area contributed by atoms with Crippen LogP contribution in [0.4, 0.5) is 0 Å². The lowest BCUT2D eigenvalue weighted by Gasteiger charge is -2.32. The first-order valence-corrected chi connectivity index (χ1v) is 9.37. The fourth-order valence-electron chi connectivity index (χ4n) is 1.92. The van der Waals surface area contributed by atoms with E-state index in [1.54, 1.807) is 40.0 Å². The summed E-state index contributed by atoms with van der Waals surface area (Å²) in [6.45, 7) is 17.5. The Kier molecular flexibility index (Phi) is 9.54. The number of ether oxygens (including phenoxy) is 1. The van der Waals surface area contributed by atoms with E-state index in [9.17, 15) is 0 Å². The summed E-state index contributed by atoms with van der Waals surface area (Å²) in [5.41, 5.74) is 0.0415. The molecule has 0 aromatic heterocycles. The molecule has 2 rings (SSSR count). The van der Waals surface area contributed by atoms with Crippen molar-refractivity contribution in [2.75, 3.05) is 7.11 Å². The van der Waals surface area contributed by atoms with Crippen molar-refractivity contribution in [2.45, 2.75) is 85.5 Å². The Hall–Kier alpha value is -1.55. The summed E-state index contributed by atoms with van der Waals surface area (Å²) >= 11 is 0. The van der Waals surface area contributed by atoms with Gasteiger partial charge in [0.05, 0.1) is 35.5 Å². The second kappa shape index (κ2) is 10.1. The van der Waals surface area contributed by atoms with Crippen molar-refractivity contribution in [1.82, 2.24) is 0 Å². The van der Waals surface area contributed by atoms with Gasteiger partial charge in [0.25, 0.3) is 0 Å². The maximum atomic E-state index is 9.04. The average molecular weight is 377 g/mol. The van der Waals surface area contributed by atoms with Crippen molar-refractivity contribution in [3.8, 4) is 11.8 Å². The highest BCUT2D eigenvalue weighted by atomic mass is 16.7. The number of nitriles is 1. The Morgan fingerprint density at radius 2 is 1.48 bits per heavy atom. The second-order valence-electron chi connectivity index (χ2n) is 8.57. The van der Waals surface area contributed by atoms with Crippen LogP contribution in [0.3, 0.4) is 0 Å². The van der Waals surface area contributed by atoms with Gasteiger partial charge in [0.2, 0.25) is 0 Å². The van der Waals surface area contributed by atoms with Crippen LogP contribution in [0.1, 0.15) is 74.3 Å². The van der Waals surface area contributed by atoms with Crippen molar-refractivity contribution in [1.29, 1.82) is 5.26 Å². The largest absolute Gasteiger partial charge is 0.497 e. The minimum atomic E-state index is -0.500. The first-order chi connectivity index (χ1) is 12.2. The molecule has 6 heteroatoms. The Balaban J connectivity index is 0.000000719. The summed E-state index contributed by atoms with van der Waals surface area (Å²) in [6, 6.07) is 7.41. The molecule has 1 saturated heterocycles. The van der Waals surface area contributed by atoms with Gasteiger partial charge in [-0.1, -0.05) is 20.3 Å². The van der Waals surface area contributed by atoms with Gasteiger partial charge in [0, 0.05) is 0 Å². The van der Waals surface area contributed by atoms with Gasteiger partial charge in [0.15, 0.2) is 0 Å². The van der Waals surface area contributed by atoms with Crippen LogP contribution in [0.2, 0.25) is 0 Å². The Morgan fingerprint density at radius 1 is 1.07 bits per heavy atom. The molecule has 0 saturated carbocycles. The number of nitrogens with zero attached hydrogens (tertiary/aromatic N) is 1. The normalized spacial score (nSPS) is 17.0. The summed E-state index contributed by atoms with van der Waals surface area (Å²) in [6.07, 6.45) is 1.25. The van der Waals surface area contributed by atoms with Gasteiger partial charge in [0.1, 0.15) is 5.75 Å². The molecule has 0 unspecified atom stereocenters. The van der Waals surface area contributed by atoms with Gasteiger partial charge < -0.3 is 19.2 Å². The van der Waals surface area contributed by atoms with Gasteiger partial charge in [-0.15, -0.1) is 0 Å². The molecule has 0 spiro atoms. The van der Waals surface area contributed by atoms with Crippen LogP contribution < -0.4 is 10.2 Å². The minimum Gasteiger partial charge on any atom is -0.497 e. The van der Waals surface area contributed by atoms with Crippen molar-refractivity contribution in [3.63, 3.8) is 0 Å². The van der Waals surface area contributed by atoms with E-state index in [0.717, 1.165) is 5.46 Å². The van der Waals surface area contributed by atoms with Crippen molar-refractivity contribution in [3.05, 3.63) is 23.8 Å². The van der Waals surface area contributed by atoms with Gasteiger partial charge in [-0.2, -0.15) is 5.26 Å². The maximum absolute atomic E-state index is 9.04. The number of methoxy groups -OCH3 is 1. The van der Waals surface area contributed by atoms with Crippen LogP contribution in [0.5, 0.6) is 5.75 Å². The fraction of sp³-hybridized carbons (Fsp3) is 0.667. The predicted octanol–water partition coefficient (Wildman–Crippen LogP) is 4.06. The third-order valence-electron chi connectivity index (χ3n) is 3.82. The Labute approximate surface area is 165 Å². The van der Waals surface area contributed by atoms with Crippen LogP contribution in [0.25, 0.3) is 0 Å². The lowest BCUT2D eigenvalue weighted by atomic mass is 9.78. The molecule has 152 valence electrons. The molecule has 0 aliphatic carbocycles. The van der Waals surface area contributed by atoms with E-state index in [4.69, 9.17) is 24.4 Å². The first-order valence-electron chi connectivity index (χ1n) is 9.37. The van der Waals surface area contributed by atoms with E-state index < -0.39 is 23.9 Å². The number of hydrogen-bond donors (Lipinski definition) is 1. The summed E-state index contributed by atoms with van der Waals surface area (Å²) in [5, 5.41) is 17.6. The molecule has 5 nitrogen and oxygen atoms in total. The van der Waals surface area contributed by atoms with Gasteiger partial charge in [-0.25, -0.2) is 0 Å². The average Bonchev–Trinajstić information content (AvgIpc) is 2.74. The van der Waals surface area contributed by atoms with Gasteiger partial charge in [-0.05, 0) is 72.1 Å². The topological polar surface area (TPSA) is 71.7 Å². The standard InChI is InChI=1S/C14H18BNO3.C4H10O.C3H8/c1-13(2)14(3,4)19-15(18-13)11-6-10(9-16)7-12(8-11)17-5;1-4(2,3)5;1-3-2/h6-8H,1-5H3;5H,1-3H3;3H2,1-2H3. The van der Waals surface area contributed by atoms with Crippen LogP contribution in [0.15, 0.2) is 18.2 Å². The lowest BCUT2D eigenvalue weighted by molar-refractivity contribution is 0.00578. The highest BCUT2D eigenvalue weighted by Crippen LogP contribution is 2.36. The number of aliphatic hydroxyl groups is 1. The molecule has 1 aliphatic rings. The van der Waals surface area contributed by atoms with Crippen LogP contribution >= 0.6 is 0 Å². The molecular formula is C21H36BNO4. The van der Waals surface area contributed by atoms with E-state index >= 15 is 0 Å². The summed E-state index contributed by atoms with van der Waals surface area (Å²) in [5.74, 6) is 0.628. The molecule has 0 radical (unpaired) electrons. The zero-order chi connectivity index (χ0) is 21.5. The molecule has 1 aromatic rings. The molecule has 0 amide bonds. The summed E-state index contributed by atoms with van der Waals surface area (Å²) < 4.78 is 17.1. The monoisotopic (exact) mass is 377 g/mol. The van der Waals surface area contributed by atoms with Crippen LogP contribution in [0, 0.1) is 11.3 Å². The lowest BCUT2D eigenvalue weighted by Crippen LogP contribution is -2.41. The first kappa shape index (κ1) is 25.5. The third-order valence-corrected chi connectivity index (χ3v) is 3.82. The minimum absolute atomic E-state index is 0.395. The SMILES string of the molecule is CC(C)(C)O.CCC.COc1cc(C#N)cc(B2OC(C)(C)C(C)(C)O2)c1. The van der Waals surface area contributed by atoms with Gasteiger partial charge in [-0.3, -0.25) is 0 Å². The highest BCUT2D eigenvalue weighted by molar-refractivity contribution is 6.62. The maximum Gasteiger partial charge on any atom is 0.495 e. The number of hydrogen-bond acceptors (Lipinski definition) is 5. The fourth-order valence-corrected chi connectivity index (χ4v) is 1.92. The summed E-state index contributed by atoms with van der Waals surface area (Å²) in [7, 11) is 1.09. The van der Waals surface area contributed by atoms with E-state index in [1.165, 1.54) is 6.42 Å². The molecule has 1 aliphatic heterocycles. The van der Waals surface area contributed by atoms with Gasteiger partial charge >= 0.3 is 7.12 Å². The third kappa shape index (κ3) is 8.79. The van der Waals surface area contributed by atoms with Crippen molar-refractivity contribution >= 4 is 12.6 Å². The Bertz CT molecular complexity index is 608. The van der Waals surface area contributed by atoms with Crippen molar-refractivity contribution in [2.24, 2.45) is 0 Å². The molecule has 27 heavy (non-hydrogen) atoms. The van der Waals surface area contributed by atoms with Crippen molar-refractivity contribution < 1.29 is 19.2 Å². The molecule has 1 heterocycles. The molecule has 1 N–H and O–H groups in total. The molecule has 0 bridgehead atoms. The van der Waals surface area contributed by atoms with E-state index in [0.29, 0.717) is 11.3 Å². The van der Waals surface area contributed by atoms with E-state index in [2.05, 4.69) is 19.9 Å². The zero-order valence-corrected chi connectivity index (χ0v) is 18.6. The van der Waals surface area contributed by atoms with Crippen LogP contribution in [-0.4, -0.2) is 36.1 Å². The molecular weight excluding hydrogens is 341 g/mol. The summed E-state index contributed by atoms with van der Waals surface area (Å²) in [4.78, 5) is 0. The quantitative estimate of drug-likeness (QED) is 0.787. The van der Waals surface area contributed by atoms with E-state index in [1.807, 2.05) is 33.8 Å².